The molecule has 0 bridgehead atoms. The summed E-state index contributed by atoms with van der Waals surface area (Å²) < 4.78 is 0. The highest BCUT2D eigenvalue weighted by Gasteiger charge is 2.09. The second-order valence-electron chi connectivity index (χ2n) is 3.49. The molecule has 0 atom stereocenters. The molecule has 0 aliphatic heterocycles. The molecule has 0 unspecified atom stereocenters. The third-order valence-electron chi connectivity index (χ3n) is 2.39. The van der Waals surface area contributed by atoms with Gasteiger partial charge in [-0.15, -0.1) is 0 Å². The summed E-state index contributed by atoms with van der Waals surface area (Å²) in [4.78, 5) is 7.19. The minimum atomic E-state index is 0.366. The summed E-state index contributed by atoms with van der Waals surface area (Å²) in [5.74, 6) is 0.366. The molecule has 1 aromatic carbocycles. The molecule has 3 nitrogen and oxygen atoms in total. The van der Waals surface area contributed by atoms with Crippen LogP contribution in [0.4, 0.5) is 0 Å². The van der Waals surface area contributed by atoms with Gasteiger partial charge in [0.25, 0.3) is 0 Å². The van der Waals surface area contributed by atoms with Crippen LogP contribution in [0.25, 0.3) is 11.3 Å². The van der Waals surface area contributed by atoms with Crippen LogP contribution < -0.4 is 0 Å². The topological polar surface area (TPSA) is 52.5 Å². The summed E-state index contributed by atoms with van der Waals surface area (Å²) in [5.41, 5.74) is 4.04. The largest absolute Gasteiger partial charge is 0.333 e. The first-order chi connectivity index (χ1) is 7.22. The van der Waals surface area contributed by atoms with Gasteiger partial charge in [0, 0.05) is 11.3 Å². The van der Waals surface area contributed by atoms with Crippen LogP contribution in [0, 0.1) is 25.2 Å². The maximum absolute atomic E-state index is 8.75. The van der Waals surface area contributed by atoms with E-state index in [0.717, 1.165) is 22.5 Å². The number of rotatable bonds is 1. The molecule has 0 saturated heterocycles. The average molecular weight is 197 g/mol. The minimum absolute atomic E-state index is 0.366. The molecule has 15 heavy (non-hydrogen) atoms. The van der Waals surface area contributed by atoms with Crippen molar-refractivity contribution in [3.63, 3.8) is 0 Å². The van der Waals surface area contributed by atoms with Crippen LogP contribution in [0.3, 0.4) is 0 Å². The molecular formula is C12H11N3. The molecule has 0 radical (unpaired) electrons. The van der Waals surface area contributed by atoms with E-state index in [-0.39, 0.29) is 0 Å². The third-order valence-corrected chi connectivity index (χ3v) is 2.39. The van der Waals surface area contributed by atoms with E-state index in [0.29, 0.717) is 5.82 Å². The lowest BCUT2D eigenvalue weighted by molar-refractivity contribution is 1.20. The molecule has 0 saturated carbocycles. The third kappa shape index (κ3) is 1.62. The lowest BCUT2D eigenvalue weighted by Gasteiger charge is -2.02. The van der Waals surface area contributed by atoms with E-state index in [1.54, 1.807) is 0 Å². The Balaban J connectivity index is 2.60. The second kappa shape index (κ2) is 3.58. The molecule has 2 rings (SSSR count). The van der Waals surface area contributed by atoms with E-state index in [2.05, 4.69) is 9.97 Å². The van der Waals surface area contributed by atoms with Gasteiger partial charge in [0.15, 0.2) is 0 Å². The molecule has 3 heteroatoms. The number of nitrogens with one attached hydrogen (secondary N) is 1. The smallest absolute Gasteiger partial charge is 0.210 e. The predicted molar refractivity (Wildman–Crippen MR) is 58.2 cm³/mol. The Morgan fingerprint density at radius 2 is 2.00 bits per heavy atom. The van der Waals surface area contributed by atoms with Crippen molar-refractivity contribution >= 4 is 0 Å². The van der Waals surface area contributed by atoms with Gasteiger partial charge < -0.3 is 4.98 Å². The van der Waals surface area contributed by atoms with Gasteiger partial charge in [-0.3, -0.25) is 0 Å². The summed E-state index contributed by atoms with van der Waals surface area (Å²) in [6, 6.07) is 10.0. The Morgan fingerprint density at radius 3 is 2.60 bits per heavy atom. The van der Waals surface area contributed by atoms with Crippen LogP contribution >= 0.6 is 0 Å². The monoisotopic (exact) mass is 197 g/mol. The van der Waals surface area contributed by atoms with Crippen molar-refractivity contribution in [1.82, 2.24) is 9.97 Å². The molecule has 0 aliphatic carbocycles. The van der Waals surface area contributed by atoms with Gasteiger partial charge in [0.1, 0.15) is 6.07 Å². The SMILES string of the molecule is Cc1ccccc1-c1nc(C#N)[nH]c1C. The van der Waals surface area contributed by atoms with Crippen LogP contribution in [0.2, 0.25) is 0 Å². The predicted octanol–water partition coefficient (Wildman–Crippen LogP) is 2.57. The maximum Gasteiger partial charge on any atom is 0.210 e. The number of aryl methyl sites for hydroxylation is 2. The molecule has 74 valence electrons. The Morgan fingerprint density at radius 1 is 1.27 bits per heavy atom. The van der Waals surface area contributed by atoms with Crippen LogP contribution in [0.1, 0.15) is 17.1 Å². The second-order valence-corrected chi connectivity index (χ2v) is 3.49. The van der Waals surface area contributed by atoms with E-state index in [1.165, 1.54) is 0 Å². The number of benzene rings is 1. The van der Waals surface area contributed by atoms with Crippen molar-refractivity contribution < 1.29 is 0 Å². The molecule has 1 heterocycles. The van der Waals surface area contributed by atoms with Gasteiger partial charge in [-0.25, -0.2) is 4.98 Å². The quantitative estimate of drug-likeness (QED) is 0.763. The normalized spacial score (nSPS) is 9.93. The lowest BCUT2D eigenvalue weighted by atomic mass is 10.1. The fraction of sp³-hybridized carbons (Fsp3) is 0.167. The highest BCUT2D eigenvalue weighted by Crippen LogP contribution is 2.23. The van der Waals surface area contributed by atoms with Gasteiger partial charge in [-0.05, 0) is 19.4 Å². The standard InChI is InChI=1S/C12H11N3/c1-8-5-3-4-6-10(8)12-9(2)14-11(7-13)15-12/h3-6H,1-2H3,(H,14,15). The first-order valence-corrected chi connectivity index (χ1v) is 4.75. The van der Waals surface area contributed by atoms with Crippen LogP contribution in [-0.2, 0) is 0 Å². The number of nitriles is 1. The zero-order valence-corrected chi connectivity index (χ0v) is 8.70. The van der Waals surface area contributed by atoms with E-state index in [9.17, 15) is 0 Å². The minimum Gasteiger partial charge on any atom is -0.333 e. The van der Waals surface area contributed by atoms with Crippen LogP contribution in [-0.4, -0.2) is 9.97 Å². The van der Waals surface area contributed by atoms with Crippen molar-refractivity contribution in [3.05, 3.63) is 41.3 Å². The van der Waals surface area contributed by atoms with Gasteiger partial charge in [0.05, 0.1) is 5.69 Å². The zero-order valence-electron chi connectivity index (χ0n) is 8.70. The van der Waals surface area contributed by atoms with Crippen LogP contribution in [0.5, 0.6) is 0 Å². The Bertz CT molecular complexity index is 532. The first-order valence-electron chi connectivity index (χ1n) is 4.75. The van der Waals surface area contributed by atoms with Crippen molar-refractivity contribution in [2.75, 3.05) is 0 Å². The summed E-state index contributed by atoms with van der Waals surface area (Å²) in [7, 11) is 0. The van der Waals surface area contributed by atoms with Gasteiger partial charge >= 0.3 is 0 Å². The molecule has 0 fully saturated rings. The maximum atomic E-state index is 8.75. The number of nitrogens with zero attached hydrogens (tertiary/aromatic N) is 2. The summed E-state index contributed by atoms with van der Waals surface area (Å²) in [6.45, 7) is 3.96. The molecular weight excluding hydrogens is 186 g/mol. The fourth-order valence-corrected chi connectivity index (χ4v) is 1.61. The fourth-order valence-electron chi connectivity index (χ4n) is 1.61. The number of aromatic nitrogens is 2. The van der Waals surface area contributed by atoms with Crippen molar-refractivity contribution in [3.8, 4) is 17.3 Å². The first kappa shape index (κ1) is 9.47. The number of imidazole rings is 1. The highest BCUT2D eigenvalue weighted by atomic mass is 14.9. The molecule has 1 N–H and O–H groups in total. The van der Waals surface area contributed by atoms with Crippen LogP contribution in [0.15, 0.2) is 24.3 Å². The molecule has 1 aromatic heterocycles. The lowest BCUT2D eigenvalue weighted by Crippen LogP contribution is -1.85. The van der Waals surface area contributed by atoms with E-state index >= 15 is 0 Å². The van der Waals surface area contributed by atoms with Gasteiger partial charge in [-0.1, -0.05) is 24.3 Å². The number of hydrogen-bond acceptors (Lipinski definition) is 2. The number of aromatic amines is 1. The molecule has 2 aromatic rings. The molecule has 0 aliphatic rings. The summed E-state index contributed by atoms with van der Waals surface area (Å²) in [6.07, 6.45) is 0. The van der Waals surface area contributed by atoms with E-state index in [4.69, 9.17) is 5.26 Å². The summed E-state index contributed by atoms with van der Waals surface area (Å²) >= 11 is 0. The van der Waals surface area contributed by atoms with E-state index < -0.39 is 0 Å². The van der Waals surface area contributed by atoms with Crippen molar-refractivity contribution in [1.29, 1.82) is 5.26 Å². The Labute approximate surface area is 88.4 Å². The van der Waals surface area contributed by atoms with Crippen molar-refractivity contribution in [2.45, 2.75) is 13.8 Å². The van der Waals surface area contributed by atoms with Crippen molar-refractivity contribution in [2.24, 2.45) is 0 Å². The van der Waals surface area contributed by atoms with Gasteiger partial charge in [0.2, 0.25) is 5.82 Å². The molecule has 0 amide bonds. The Kier molecular flexibility index (Phi) is 2.26. The number of hydrogen-bond donors (Lipinski definition) is 1. The average Bonchev–Trinajstić information content (AvgIpc) is 2.60. The van der Waals surface area contributed by atoms with E-state index in [1.807, 2.05) is 44.2 Å². The molecule has 0 spiro atoms. The summed E-state index contributed by atoms with van der Waals surface area (Å²) in [5, 5.41) is 8.75. The van der Waals surface area contributed by atoms with Gasteiger partial charge in [-0.2, -0.15) is 5.26 Å². The zero-order chi connectivity index (χ0) is 10.8. The Hall–Kier alpha value is -2.08. The number of H-pyrrole nitrogens is 1. The highest BCUT2D eigenvalue weighted by molar-refractivity contribution is 5.66.